The van der Waals surface area contributed by atoms with E-state index >= 15 is 0 Å². The number of benzene rings is 1. The summed E-state index contributed by atoms with van der Waals surface area (Å²) in [5, 5.41) is 10.2. The summed E-state index contributed by atoms with van der Waals surface area (Å²) >= 11 is 0. The number of hydrogen-bond acceptors (Lipinski definition) is 3. The summed E-state index contributed by atoms with van der Waals surface area (Å²) in [4.78, 5) is 14.2. The third-order valence-electron chi connectivity index (χ3n) is 4.79. The van der Waals surface area contributed by atoms with Crippen molar-refractivity contribution in [2.24, 2.45) is 0 Å². The van der Waals surface area contributed by atoms with E-state index in [0.29, 0.717) is 38.1 Å². The number of aliphatic hydroxyl groups is 1. The van der Waals surface area contributed by atoms with Crippen LogP contribution < -0.4 is 0 Å². The Hall–Kier alpha value is -1.46. The van der Waals surface area contributed by atoms with Gasteiger partial charge in [0.25, 0.3) is 0 Å². The highest BCUT2D eigenvalue weighted by Gasteiger charge is 2.46. The van der Waals surface area contributed by atoms with E-state index < -0.39 is 11.7 Å². The Morgan fingerprint density at radius 3 is 3.00 bits per heavy atom. The molecule has 0 bridgehead atoms. The number of aryl methyl sites for hydroxylation is 1. The molecule has 1 aromatic carbocycles. The predicted molar refractivity (Wildman–Crippen MR) is 79.8 cm³/mol. The molecule has 2 saturated heterocycles. The highest BCUT2D eigenvalue weighted by molar-refractivity contribution is 5.76. The molecule has 0 aromatic heterocycles. The van der Waals surface area contributed by atoms with Gasteiger partial charge in [0.1, 0.15) is 11.4 Å². The first kappa shape index (κ1) is 15.4. The number of likely N-dealkylation sites (tertiary alicyclic amines) is 1. The van der Waals surface area contributed by atoms with Crippen LogP contribution >= 0.6 is 0 Å². The maximum absolute atomic E-state index is 13.6. The Morgan fingerprint density at radius 2 is 2.27 bits per heavy atom. The van der Waals surface area contributed by atoms with Crippen LogP contribution in [0.3, 0.4) is 0 Å². The smallest absolute Gasteiger partial charge is 0.223 e. The SMILES string of the molecule is O=C(CCc1ccccc1F)N1CC[C@H](O)[C@]2(CCCO2)C1. The van der Waals surface area contributed by atoms with Gasteiger partial charge in [-0.05, 0) is 37.3 Å². The van der Waals surface area contributed by atoms with Gasteiger partial charge in [-0.1, -0.05) is 18.2 Å². The normalized spacial score (nSPS) is 28.3. The van der Waals surface area contributed by atoms with E-state index in [1.807, 2.05) is 0 Å². The Labute approximate surface area is 129 Å². The van der Waals surface area contributed by atoms with Gasteiger partial charge in [0.15, 0.2) is 0 Å². The van der Waals surface area contributed by atoms with Crippen LogP contribution in [0.25, 0.3) is 0 Å². The molecule has 0 aliphatic carbocycles. The number of nitrogens with zero attached hydrogens (tertiary/aromatic N) is 1. The third kappa shape index (κ3) is 3.01. The van der Waals surface area contributed by atoms with Gasteiger partial charge in [0.05, 0.1) is 12.6 Å². The maximum Gasteiger partial charge on any atom is 0.223 e. The van der Waals surface area contributed by atoms with Crippen molar-refractivity contribution >= 4 is 5.91 Å². The van der Waals surface area contributed by atoms with Crippen molar-refractivity contribution in [3.8, 4) is 0 Å². The van der Waals surface area contributed by atoms with E-state index in [2.05, 4.69) is 0 Å². The number of hydrogen-bond donors (Lipinski definition) is 1. The number of carbonyl (C=O) groups is 1. The lowest BCUT2D eigenvalue weighted by Crippen LogP contribution is -2.57. The molecule has 4 nitrogen and oxygen atoms in total. The summed E-state index contributed by atoms with van der Waals surface area (Å²) in [5.74, 6) is -0.259. The molecule has 0 saturated carbocycles. The molecule has 2 aliphatic rings. The fourth-order valence-electron chi connectivity index (χ4n) is 3.47. The highest BCUT2D eigenvalue weighted by atomic mass is 19.1. The number of carbonyl (C=O) groups excluding carboxylic acids is 1. The number of rotatable bonds is 3. The molecule has 2 atom stereocenters. The topological polar surface area (TPSA) is 49.8 Å². The average Bonchev–Trinajstić information content (AvgIpc) is 2.98. The van der Waals surface area contributed by atoms with Crippen molar-refractivity contribution < 1.29 is 19.0 Å². The number of halogens is 1. The van der Waals surface area contributed by atoms with E-state index in [9.17, 15) is 14.3 Å². The van der Waals surface area contributed by atoms with Gasteiger partial charge < -0.3 is 14.7 Å². The lowest BCUT2D eigenvalue weighted by atomic mass is 9.87. The molecule has 22 heavy (non-hydrogen) atoms. The Morgan fingerprint density at radius 1 is 1.45 bits per heavy atom. The van der Waals surface area contributed by atoms with Crippen molar-refractivity contribution in [1.29, 1.82) is 0 Å². The summed E-state index contributed by atoms with van der Waals surface area (Å²) in [6.45, 7) is 1.64. The molecule has 0 unspecified atom stereocenters. The van der Waals surface area contributed by atoms with Gasteiger partial charge in [0, 0.05) is 19.6 Å². The zero-order valence-corrected chi connectivity index (χ0v) is 12.6. The van der Waals surface area contributed by atoms with Crippen LogP contribution in [-0.2, 0) is 16.0 Å². The van der Waals surface area contributed by atoms with Gasteiger partial charge in [0.2, 0.25) is 5.91 Å². The van der Waals surface area contributed by atoms with Crippen molar-refractivity contribution in [3.05, 3.63) is 35.6 Å². The van der Waals surface area contributed by atoms with E-state index in [-0.39, 0.29) is 18.1 Å². The van der Waals surface area contributed by atoms with Crippen LogP contribution in [-0.4, -0.2) is 47.3 Å². The summed E-state index contributed by atoms with van der Waals surface area (Å²) in [6.07, 6.45) is 2.46. The predicted octanol–water partition coefficient (Wildman–Crippen LogP) is 1.90. The molecule has 2 heterocycles. The quantitative estimate of drug-likeness (QED) is 0.928. The molecular weight excluding hydrogens is 285 g/mol. The first-order valence-corrected chi connectivity index (χ1v) is 7.94. The lowest BCUT2D eigenvalue weighted by Gasteiger charge is -2.43. The molecule has 120 valence electrons. The molecule has 1 N–H and O–H groups in total. The Kier molecular flexibility index (Phi) is 4.45. The van der Waals surface area contributed by atoms with Crippen molar-refractivity contribution in [2.45, 2.75) is 43.8 Å². The second kappa shape index (κ2) is 6.34. The molecule has 5 heteroatoms. The second-order valence-electron chi connectivity index (χ2n) is 6.23. The standard InChI is InChI=1S/C17H22FNO3/c18-14-5-2-1-4-13(14)6-7-16(21)19-10-8-15(20)17(12-19)9-3-11-22-17/h1-2,4-5,15,20H,3,6-12H2/t15-,17-/m0/s1. The van der Waals surface area contributed by atoms with Crippen molar-refractivity contribution in [3.63, 3.8) is 0 Å². The number of piperidine rings is 1. The summed E-state index contributed by atoms with van der Waals surface area (Å²) in [5.41, 5.74) is -0.00828. The van der Waals surface area contributed by atoms with Crippen molar-refractivity contribution in [1.82, 2.24) is 4.90 Å². The molecule has 2 aliphatic heterocycles. The van der Waals surface area contributed by atoms with Crippen molar-refractivity contribution in [2.75, 3.05) is 19.7 Å². The van der Waals surface area contributed by atoms with Crippen LogP contribution in [0.15, 0.2) is 24.3 Å². The first-order valence-electron chi connectivity index (χ1n) is 7.94. The Bertz CT molecular complexity index is 542. The second-order valence-corrected chi connectivity index (χ2v) is 6.23. The minimum Gasteiger partial charge on any atom is -0.390 e. The maximum atomic E-state index is 13.6. The third-order valence-corrected chi connectivity index (χ3v) is 4.79. The minimum absolute atomic E-state index is 0.00466. The van der Waals surface area contributed by atoms with Gasteiger partial charge in [-0.2, -0.15) is 0 Å². The number of ether oxygens (including phenoxy) is 1. The van der Waals surface area contributed by atoms with E-state index in [1.54, 1.807) is 23.1 Å². The van der Waals surface area contributed by atoms with Crippen LogP contribution in [0.4, 0.5) is 4.39 Å². The monoisotopic (exact) mass is 307 g/mol. The van der Waals surface area contributed by atoms with E-state index in [0.717, 1.165) is 12.8 Å². The largest absolute Gasteiger partial charge is 0.390 e. The van der Waals surface area contributed by atoms with Gasteiger partial charge in [-0.3, -0.25) is 4.79 Å². The van der Waals surface area contributed by atoms with Gasteiger partial charge >= 0.3 is 0 Å². The number of amides is 1. The summed E-state index contributed by atoms with van der Waals surface area (Å²) in [6, 6.07) is 6.55. The fourth-order valence-corrected chi connectivity index (χ4v) is 3.47. The highest BCUT2D eigenvalue weighted by Crippen LogP contribution is 2.35. The van der Waals surface area contributed by atoms with Crippen LogP contribution in [0, 0.1) is 5.82 Å². The first-order chi connectivity index (χ1) is 10.6. The van der Waals surface area contributed by atoms with Gasteiger partial charge in [-0.25, -0.2) is 4.39 Å². The molecule has 1 spiro atoms. The minimum atomic E-state index is -0.577. The average molecular weight is 307 g/mol. The fraction of sp³-hybridized carbons (Fsp3) is 0.588. The molecule has 1 amide bonds. The molecule has 2 fully saturated rings. The van der Waals surface area contributed by atoms with E-state index in [4.69, 9.17) is 4.74 Å². The molecule has 0 radical (unpaired) electrons. The van der Waals surface area contributed by atoms with Crippen LogP contribution in [0.5, 0.6) is 0 Å². The molecule has 1 aromatic rings. The Balaban J connectivity index is 1.59. The van der Waals surface area contributed by atoms with E-state index in [1.165, 1.54) is 6.07 Å². The van der Waals surface area contributed by atoms with Crippen LogP contribution in [0.2, 0.25) is 0 Å². The summed E-state index contributed by atoms with van der Waals surface area (Å²) < 4.78 is 19.3. The molecule has 3 rings (SSSR count). The summed E-state index contributed by atoms with van der Waals surface area (Å²) in [7, 11) is 0. The number of aliphatic hydroxyl groups excluding tert-OH is 1. The molecular formula is C17H22FNO3. The van der Waals surface area contributed by atoms with Gasteiger partial charge in [-0.15, -0.1) is 0 Å². The lowest BCUT2D eigenvalue weighted by molar-refractivity contribution is -0.154. The zero-order chi connectivity index (χ0) is 15.6. The zero-order valence-electron chi connectivity index (χ0n) is 12.6. The van der Waals surface area contributed by atoms with Crippen LogP contribution in [0.1, 0.15) is 31.2 Å².